The van der Waals surface area contributed by atoms with Gasteiger partial charge in [-0.05, 0) is 25.8 Å². The van der Waals surface area contributed by atoms with E-state index in [-0.39, 0.29) is 0 Å². The third-order valence-electron chi connectivity index (χ3n) is 4.23. The van der Waals surface area contributed by atoms with Gasteiger partial charge in [0, 0.05) is 38.9 Å². The largest absolute Gasteiger partial charge is 0.275 e. The Bertz CT molecular complexity index is 876. The lowest BCUT2D eigenvalue weighted by Crippen LogP contribution is -2.36. The summed E-state index contributed by atoms with van der Waals surface area (Å²) in [6.45, 7) is 4.37. The fourth-order valence-electron chi connectivity index (χ4n) is 2.97. The van der Waals surface area contributed by atoms with Crippen LogP contribution in [0.3, 0.4) is 0 Å². The van der Waals surface area contributed by atoms with Crippen molar-refractivity contribution >= 4 is 15.6 Å². The summed E-state index contributed by atoms with van der Waals surface area (Å²) >= 11 is 0. The van der Waals surface area contributed by atoms with Crippen LogP contribution >= 0.6 is 0 Å². The molecule has 0 aliphatic carbocycles. The molecule has 7 nitrogen and oxygen atoms in total. The second-order valence-electron chi connectivity index (χ2n) is 5.88. The SMILES string of the molecule is Cc1nn(C)c(C)c1S(=O)(=O)N1CCC=C(c2cnn(C)c2)C1. The molecule has 3 heterocycles. The van der Waals surface area contributed by atoms with Crippen molar-refractivity contribution in [2.45, 2.75) is 25.2 Å². The Kier molecular flexibility index (Phi) is 3.89. The second-order valence-corrected chi connectivity index (χ2v) is 7.76. The Morgan fingerprint density at radius 3 is 2.52 bits per heavy atom. The third-order valence-corrected chi connectivity index (χ3v) is 6.33. The lowest BCUT2D eigenvalue weighted by atomic mass is 10.1. The van der Waals surface area contributed by atoms with Crippen molar-refractivity contribution < 1.29 is 8.42 Å². The minimum Gasteiger partial charge on any atom is -0.275 e. The Morgan fingerprint density at radius 2 is 1.96 bits per heavy atom. The van der Waals surface area contributed by atoms with E-state index in [1.807, 2.05) is 13.2 Å². The molecule has 1 aliphatic heterocycles. The molecule has 8 heteroatoms. The zero-order valence-electron chi connectivity index (χ0n) is 13.8. The highest BCUT2D eigenvalue weighted by Gasteiger charge is 2.32. The van der Waals surface area contributed by atoms with Crippen LogP contribution in [0.5, 0.6) is 0 Å². The zero-order valence-corrected chi connectivity index (χ0v) is 14.6. The second kappa shape index (κ2) is 5.61. The van der Waals surface area contributed by atoms with E-state index < -0.39 is 10.0 Å². The normalized spacial score (nSPS) is 16.6. The molecule has 124 valence electrons. The fraction of sp³-hybridized carbons (Fsp3) is 0.467. The van der Waals surface area contributed by atoms with E-state index in [1.54, 1.807) is 36.5 Å². The maximum absolute atomic E-state index is 13.0. The van der Waals surface area contributed by atoms with E-state index in [0.717, 1.165) is 11.1 Å². The lowest BCUT2D eigenvalue weighted by Gasteiger charge is -2.26. The van der Waals surface area contributed by atoms with Gasteiger partial charge >= 0.3 is 0 Å². The maximum Gasteiger partial charge on any atom is 0.247 e. The summed E-state index contributed by atoms with van der Waals surface area (Å²) in [5.74, 6) is 0. The summed E-state index contributed by atoms with van der Waals surface area (Å²) in [4.78, 5) is 0.326. The van der Waals surface area contributed by atoms with E-state index in [0.29, 0.717) is 35.8 Å². The number of sulfonamides is 1. The van der Waals surface area contributed by atoms with Crippen molar-refractivity contribution in [3.63, 3.8) is 0 Å². The average Bonchev–Trinajstić information content (AvgIpc) is 3.03. The van der Waals surface area contributed by atoms with Crippen LogP contribution in [0.2, 0.25) is 0 Å². The molecule has 0 saturated heterocycles. The van der Waals surface area contributed by atoms with Crippen LogP contribution in [-0.4, -0.2) is 45.4 Å². The Hall–Kier alpha value is -1.93. The lowest BCUT2D eigenvalue weighted by molar-refractivity contribution is 0.442. The van der Waals surface area contributed by atoms with Crippen LogP contribution < -0.4 is 0 Å². The molecule has 0 bridgehead atoms. The summed E-state index contributed by atoms with van der Waals surface area (Å²) < 4.78 is 31.0. The molecule has 0 aromatic carbocycles. The smallest absolute Gasteiger partial charge is 0.247 e. The van der Waals surface area contributed by atoms with Gasteiger partial charge in [-0.1, -0.05) is 6.08 Å². The van der Waals surface area contributed by atoms with Crippen LogP contribution in [-0.2, 0) is 24.1 Å². The van der Waals surface area contributed by atoms with Crippen molar-refractivity contribution in [1.82, 2.24) is 23.9 Å². The first kappa shape index (κ1) is 15.9. The van der Waals surface area contributed by atoms with Gasteiger partial charge in [0.1, 0.15) is 4.90 Å². The molecule has 0 unspecified atom stereocenters. The van der Waals surface area contributed by atoms with Crippen molar-refractivity contribution in [3.8, 4) is 0 Å². The summed E-state index contributed by atoms with van der Waals surface area (Å²) in [6.07, 6.45) is 6.46. The van der Waals surface area contributed by atoms with E-state index in [2.05, 4.69) is 16.3 Å². The zero-order chi connectivity index (χ0) is 16.8. The predicted molar refractivity (Wildman–Crippen MR) is 87.2 cm³/mol. The monoisotopic (exact) mass is 335 g/mol. The van der Waals surface area contributed by atoms with Gasteiger partial charge in [0.25, 0.3) is 0 Å². The highest BCUT2D eigenvalue weighted by Crippen LogP contribution is 2.28. The van der Waals surface area contributed by atoms with E-state index in [4.69, 9.17) is 0 Å². The minimum absolute atomic E-state index is 0.326. The average molecular weight is 335 g/mol. The first-order valence-corrected chi connectivity index (χ1v) is 8.93. The molecule has 0 fully saturated rings. The van der Waals surface area contributed by atoms with Crippen LogP contribution in [0, 0.1) is 13.8 Å². The van der Waals surface area contributed by atoms with Gasteiger partial charge in [0.2, 0.25) is 10.0 Å². The van der Waals surface area contributed by atoms with Gasteiger partial charge in [-0.2, -0.15) is 14.5 Å². The van der Waals surface area contributed by atoms with Crippen molar-refractivity contribution in [2.75, 3.05) is 13.1 Å². The fourth-order valence-corrected chi connectivity index (χ4v) is 4.81. The summed E-state index contributed by atoms with van der Waals surface area (Å²) in [5.41, 5.74) is 3.17. The number of hydrogen-bond acceptors (Lipinski definition) is 4. The molecule has 0 spiro atoms. The minimum atomic E-state index is -3.55. The van der Waals surface area contributed by atoms with Crippen molar-refractivity contribution in [2.24, 2.45) is 14.1 Å². The molecule has 2 aromatic heterocycles. The molecule has 3 rings (SSSR count). The van der Waals surface area contributed by atoms with Crippen molar-refractivity contribution in [3.05, 3.63) is 35.4 Å². The van der Waals surface area contributed by atoms with Gasteiger partial charge in [-0.25, -0.2) is 8.42 Å². The number of hydrogen-bond donors (Lipinski definition) is 0. The van der Waals surface area contributed by atoms with E-state index in [9.17, 15) is 8.42 Å². The summed E-state index contributed by atoms with van der Waals surface area (Å²) in [7, 11) is 0.0587. The van der Waals surface area contributed by atoms with Gasteiger partial charge < -0.3 is 0 Å². The first-order valence-electron chi connectivity index (χ1n) is 7.49. The highest BCUT2D eigenvalue weighted by molar-refractivity contribution is 7.89. The molecule has 0 atom stereocenters. The van der Waals surface area contributed by atoms with Gasteiger partial charge in [0.05, 0.1) is 17.6 Å². The van der Waals surface area contributed by atoms with Gasteiger partial charge in [0.15, 0.2) is 0 Å². The number of aromatic nitrogens is 4. The third kappa shape index (κ3) is 2.72. The molecular formula is C15H21N5O2S. The van der Waals surface area contributed by atoms with Gasteiger partial charge in [-0.15, -0.1) is 0 Å². The van der Waals surface area contributed by atoms with Crippen LogP contribution in [0.15, 0.2) is 23.4 Å². The highest BCUT2D eigenvalue weighted by atomic mass is 32.2. The first-order chi connectivity index (χ1) is 10.8. The molecule has 0 amide bonds. The Morgan fingerprint density at radius 1 is 1.22 bits per heavy atom. The quantitative estimate of drug-likeness (QED) is 0.846. The van der Waals surface area contributed by atoms with Crippen LogP contribution in [0.4, 0.5) is 0 Å². The summed E-state index contributed by atoms with van der Waals surface area (Å²) in [5, 5.41) is 8.40. The topological polar surface area (TPSA) is 73.0 Å². The van der Waals surface area contributed by atoms with Gasteiger partial charge in [-0.3, -0.25) is 9.36 Å². The molecule has 0 saturated carbocycles. The Balaban J connectivity index is 1.94. The molecule has 0 radical (unpaired) electrons. The number of rotatable bonds is 3. The number of nitrogens with zero attached hydrogens (tertiary/aromatic N) is 5. The molecule has 23 heavy (non-hydrogen) atoms. The Labute approximate surface area is 136 Å². The predicted octanol–water partition coefficient (Wildman–Crippen LogP) is 1.25. The summed E-state index contributed by atoms with van der Waals surface area (Å²) in [6, 6.07) is 0. The number of aryl methyl sites for hydroxylation is 3. The maximum atomic E-state index is 13.0. The van der Waals surface area contributed by atoms with Crippen LogP contribution in [0.1, 0.15) is 23.4 Å². The van der Waals surface area contributed by atoms with E-state index in [1.165, 1.54) is 4.31 Å². The standard InChI is InChI=1S/C15H21N5O2S/c1-11-15(12(2)19(4)17-11)23(21,22)20-7-5-6-13(10-20)14-8-16-18(3)9-14/h6,8-9H,5,7,10H2,1-4H3. The molecular weight excluding hydrogens is 314 g/mol. The molecule has 0 N–H and O–H groups in total. The molecule has 1 aliphatic rings. The van der Waals surface area contributed by atoms with E-state index >= 15 is 0 Å². The molecule has 2 aromatic rings. The van der Waals surface area contributed by atoms with Crippen LogP contribution in [0.25, 0.3) is 5.57 Å². The van der Waals surface area contributed by atoms with Crippen molar-refractivity contribution in [1.29, 1.82) is 0 Å².